The first-order valence-corrected chi connectivity index (χ1v) is 6.35. The maximum Gasteiger partial charge on any atom is 0.305 e. The Hall–Kier alpha value is -1.88. The van der Waals surface area contributed by atoms with Crippen LogP contribution in [0.2, 0.25) is 0 Å². The molecule has 1 amide bonds. The lowest BCUT2D eigenvalue weighted by Crippen LogP contribution is -2.39. The van der Waals surface area contributed by atoms with Crippen molar-refractivity contribution < 1.29 is 14.7 Å². The molecular formula is C14H20N2O3. The van der Waals surface area contributed by atoms with Crippen LogP contribution in [0.15, 0.2) is 30.3 Å². The van der Waals surface area contributed by atoms with Crippen LogP contribution in [-0.4, -0.2) is 41.5 Å². The predicted molar refractivity (Wildman–Crippen MR) is 72.7 cm³/mol. The standard InChI is InChI=1S/C14H20N2O3/c1-2-16(9-8-13(17)18)14(19)12(10-15)11-6-4-3-5-7-11/h3-7,12H,2,8-10,15H2,1H3,(H,17,18). The minimum atomic E-state index is -0.907. The molecule has 0 heterocycles. The van der Waals surface area contributed by atoms with Crippen molar-refractivity contribution in [1.29, 1.82) is 0 Å². The second-order valence-corrected chi connectivity index (χ2v) is 4.26. The van der Waals surface area contributed by atoms with Gasteiger partial charge in [-0.2, -0.15) is 0 Å². The van der Waals surface area contributed by atoms with Gasteiger partial charge in [0.2, 0.25) is 5.91 Å². The fourth-order valence-electron chi connectivity index (χ4n) is 1.94. The molecule has 1 rings (SSSR count). The lowest BCUT2D eigenvalue weighted by atomic mass is 9.97. The summed E-state index contributed by atoms with van der Waals surface area (Å²) in [5.41, 5.74) is 6.55. The summed E-state index contributed by atoms with van der Waals surface area (Å²) < 4.78 is 0. The van der Waals surface area contributed by atoms with Gasteiger partial charge >= 0.3 is 5.97 Å². The monoisotopic (exact) mass is 264 g/mol. The van der Waals surface area contributed by atoms with Gasteiger partial charge in [-0.25, -0.2) is 0 Å². The molecule has 1 unspecified atom stereocenters. The minimum Gasteiger partial charge on any atom is -0.481 e. The highest BCUT2D eigenvalue weighted by Gasteiger charge is 2.23. The van der Waals surface area contributed by atoms with Crippen LogP contribution in [0.1, 0.15) is 24.8 Å². The number of hydrogen-bond acceptors (Lipinski definition) is 3. The highest BCUT2D eigenvalue weighted by Crippen LogP contribution is 2.17. The third-order valence-corrected chi connectivity index (χ3v) is 3.02. The summed E-state index contributed by atoms with van der Waals surface area (Å²) in [4.78, 5) is 24.5. The van der Waals surface area contributed by atoms with Gasteiger partial charge in [0, 0.05) is 19.6 Å². The van der Waals surface area contributed by atoms with Crippen LogP contribution < -0.4 is 5.73 Å². The second kappa shape index (κ2) is 7.53. The molecule has 0 aliphatic heterocycles. The third kappa shape index (κ3) is 4.37. The molecule has 5 heteroatoms. The van der Waals surface area contributed by atoms with E-state index in [4.69, 9.17) is 10.8 Å². The van der Waals surface area contributed by atoms with Crippen molar-refractivity contribution in [2.45, 2.75) is 19.3 Å². The smallest absolute Gasteiger partial charge is 0.305 e. The van der Waals surface area contributed by atoms with Crippen molar-refractivity contribution >= 4 is 11.9 Å². The molecule has 0 bridgehead atoms. The SMILES string of the molecule is CCN(CCC(=O)O)C(=O)C(CN)c1ccccc1. The number of rotatable bonds is 7. The summed E-state index contributed by atoms with van der Waals surface area (Å²) in [6.45, 7) is 2.74. The van der Waals surface area contributed by atoms with E-state index in [9.17, 15) is 9.59 Å². The highest BCUT2D eigenvalue weighted by molar-refractivity contribution is 5.84. The number of benzene rings is 1. The van der Waals surface area contributed by atoms with Crippen LogP contribution in [0.4, 0.5) is 0 Å². The molecule has 0 saturated heterocycles. The lowest BCUT2D eigenvalue weighted by Gasteiger charge is -2.25. The van der Waals surface area contributed by atoms with E-state index in [2.05, 4.69) is 0 Å². The molecule has 0 saturated carbocycles. The molecule has 0 radical (unpaired) electrons. The molecule has 104 valence electrons. The fraction of sp³-hybridized carbons (Fsp3) is 0.429. The van der Waals surface area contributed by atoms with E-state index < -0.39 is 11.9 Å². The van der Waals surface area contributed by atoms with Crippen molar-refractivity contribution in [3.8, 4) is 0 Å². The van der Waals surface area contributed by atoms with Gasteiger partial charge in [0.05, 0.1) is 12.3 Å². The quantitative estimate of drug-likeness (QED) is 0.771. The van der Waals surface area contributed by atoms with E-state index in [-0.39, 0.29) is 25.4 Å². The number of likely N-dealkylation sites (N-methyl/N-ethyl adjacent to an activating group) is 1. The van der Waals surface area contributed by atoms with Gasteiger partial charge in [0.1, 0.15) is 0 Å². The van der Waals surface area contributed by atoms with Crippen molar-refractivity contribution in [1.82, 2.24) is 4.90 Å². The number of nitrogens with zero attached hydrogens (tertiary/aromatic N) is 1. The van der Waals surface area contributed by atoms with Crippen molar-refractivity contribution in [2.75, 3.05) is 19.6 Å². The first-order valence-electron chi connectivity index (χ1n) is 6.35. The van der Waals surface area contributed by atoms with E-state index in [0.717, 1.165) is 5.56 Å². The van der Waals surface area contributed by atoms with Gasteiger partial charge in [-0.3, -0.25) is 9.59 Å². The topological polar surface area (TPSA) is 83.6 Å². The van der Waals surface area contributed by atoms with Crippen LogP contribution in [0, 0.1) is 0 Å². The second-order valence-electron chi connectivity index (χ2n) is 4.26. The average Bonchev–Trinajstić information content (AvgIpc) is 2.41. The zero-order valence-corrected chi connectivity index (χ0v) is 11.1. The summed E-state index contributed by atoms with van der Waals surface area (Å²) in [7, 11) is 0. The molecule has 19 heavy (non-hydrogen) atoms. The molecule has 0 aliphatic carbocycles. The number of aliphatic carboxylic acids is 1. The Labute approximate surface area is 113 Å². The molecule has 1 atom stereocenters. The minimum absolute atomic E-state index is 0.0499. The van der Waals surface area contributed by atoms with Gasteiger partial charge in [0.25, 0.3) is 0 Å². The number of nitrogens with two attached hydrogens (primary N) is 1. The number of carboxylic acids is 1. The average molecular weight is 264 g/mol. The largest absolute Gasteiger partial charge is 0.481 e. The Morgan fingerprint density at radius 1 is 1.32 bits per heavy atom. The first kappa shape index (κ1) is 15.2. The molecule has 3 N–H and O–H groups in total. The third-order valence-electron chi connectivity index (χ3n) is 3.02. The number of hydrogen-bond donors (Lipinski definition) is 2. The predicted octanol–water partition coefficient (Wildman–Crippen LogP) is 1.05. The molecule has 0 aromatic heterocycles. The van der Waals surface area contributed by atoms with Gasteiger partial charge in [0.15, 0.2) is 0 Å². The van der Waals surface area contributed by atoms with Gasteiger partial charge < -0.3 is 15.7 Å². The Kier molecular flexibility index (Phi) is 6.02. The number of carboxylic acid groups (broad SMARTS) is 1. The molecule has 1 aromatic carbocycles. The van der Waals surface area contributed by atoms with E-state index in [1.807, 2.05) is 37.3 Å². The zero-order valence-electron chi connectivity index (χ0n) is 11.1. The molecule has 1 aromatic rings. The van der Waals surface area contributed by atoms with Crippen molar-refractivity contribution in [2.24, 2.45) is 5.73 Å². The Morgan fingerprint density at radius 3 is 2.42 bits per heavy atom. The fourth-order valence-corrected chi connectivity index (χ4v) is 1.94. The van der Waals surface area contributed by atoms with Gasteiger partial charge in [-0.1, -0.05) is 30.3 Å². The molecular weight excluding hydrogens is 244 g/mol. The zero-order chi connectivity index (χ0) is 14.3. The van der Waals surface area contributed by atoms with Crippen LogP contribution in [-0.2, 0) is 9.59 Å². The Bertz CT molecular complexity index is 420. The summed E-state index contributed by atoms with van der Waals surface area (Å²) in [6, 6.07) is 9.32. The Balaban J connectivity index is 2.79. The maximum absolute atomic E-state index is 12.4. The summed E-state index contributed by atoms with van der Waals surface area (Å²) in [5.74, 6) is -1.43. The normalized spacial score (nSPS) is 11.9. The maximum atomic E-state index is 12.4. The molecule has 0 spiro atoms. The first-order chi connectivity index (χ1) is 9.10. The van der Waals surface area contributed by atoms with Crippen molar-refractivity contribution in [3.63, 3.8) is 0 Å². The van der Waals surface area contributed by atoms with Crippen molar-refractivity contribution in [3.05, 3.63) is 35.9 Å². The highest BCUT2D eigenvalue weighted by atomic mass is 16.4. The number of carbonyl (C=O) groups excluding carboxylic acids is 1. The van der Waals surface area contributed by atoms with Gasteiger partial charge in [-0.15, -0.1) is 0 Å². The van der Waals surface area contributed by atoms with Crippen LogP contribution in [0.3, 0.4) is 0 Å². The van der Waals surface area contributed by atoms with E-state index in [1.54, 1.807) is 4.90 Å². The van der Waals surface area contributed by atoms with Crippen LogP contribution in [0.5, 0.6) is 0 Å². The van der Waals surface area contributed by atoms with Crippen LogP contribution >= 0.6 is 0 Å². The van der Waals surface area contributed by atoms with Crippen LogP contribution in [0.25, 0.3) is 0 Å². The number of amides is 1. The Morgan fingerprint density at radius 2 is 1.95 bits per heavy atom. The summed E-state index contributed by atoms with van der Waals surface area (Å²) in [6.07, 6.45) is -0.0499. The molecule has 0 fully saturated rings. The van der Waals surface area contributed by atoms with Gasteiger partial charge in [-0.05, 0) is 12.5 Å². The molecule has 0 aliphatic rings. The summed E-state index contributed by atoms with van der Waals surface area (Å²) in [5, 5.41) is 8.69. The van der Waals surface area contributed by atoms with E-state index >= 15 is 0 Å². The summed E-state index contributed by atoms with van der Waals surface area (Å²) >= 11 is 0. The number of carbonyl (C=O) groups is 2. The molecule has 5 nitrogen and oxygen atoms in total. The van der Waals surface area contributed by atoms with E-state index in [1.165, 1.54) is 0 Å². The van der Waals surface area contributed by atoms with E-state index in [0.29, 0.717) is 6.54 Å². The lowest BCUT2D eigenvalue weighted by molar-refractivity contribution is -0.138.